The summed E-state index contributed by atoms with van der Waals surface area (Å²) in [5.41, 5.74) is 3.69. The first-order valence-corrected chi connectivity index (χ1v) is 8.04. The van der Waals surface area contributed by atoms with Crippen LogP contribution in [-0.4, -0.2) is 16.0 Å². The molecule has 5 heteroatoms. The maximum atomic E-state index is 5.60. The van der Waals surface area contributed by atoms with Crippen molar-refractivity contribution < 1.29 is 0 Å². The van der Waals surface area contributed by atoms with E-state index in [4.69, 9.17) is 10.8 Å². The van der Waals surface area contributed by atoms with Gasteiger partial charge in [0, 0.05) is 17.5 Å². The van der Waals surface area contributed by atoms with Crippen molar-refractivity contribution in [2.75, 3.05) is 10.7 Å². The number of hydrazine groups is 1. The molecule has 3 unspecified atom stereocenters. The highest BCUT2D eigenvalue weighted by Gasteiger charge is 2.26. The van der Waals surface area contributed by atoms with Crippen molar-refractivity contribution in [2.24, 2.45) is 17.7 Å². The summed E-state index contributed by atoms with van der Waals surface area (Å²) in [4.78, 5) is 9.20. The number of aromatic nitrogens is 2. The molecule has 2 rings (SSSR count). The number of rotatable bonds is 4. The van der Waals surface area contributed by atoms with Crippen LogP contribution in [0.2, 0.25) is 0 Å². The summed E-state index contributed by atoms with van der Waals surface area (Å²) in [6.45, 7) is 10.9. The maximum Gasteiger partial charge on any atom is 0.148 e. The first kappa shape index (κ1) is 16.0. The summed E-state index contributed by atoms with van der Waals surface area (Å²) in [5, 5.41) is 3.64. The van der Waals surface area contributed by atoms with Gasteiger partial charge in [0.25, 0.3) is 0 Å². The maximum absolute atomic E-state index is 5.60. The summed E-state index contributed by atoms with van der Waals surface area (Å²) in [7, 11) is 0. The van der Waals surface area contributed by atoms with Gasteiger partial charge in [-0.25, -0.2) is 15.8 Å². The topological polar surface area (TPSA) is 75.9 Å². The van der Waals surface area contributed by atoms with Crippen molar-refractivity contribution >= 4 is 11.6 Å². The molecule has 0 bridgehead atoms. The van der Waals surface area contributed by atoms with Gasteiger partial charge in [-0.3, -0.25) is 0 Å². The second-order valence-corrected chi connectivity index (χ2v) is 6.85. The smallest absolute Gasteiger partial charge is 0.148 e. The third-order valence-corrected chi connectivity index (χ3v) is 4.57. The van der Waals surface area contributed by atoms with Gasteiger partial charge in [-0.1, -0.05) is 27.7 Å². The minimum atomic E-state index is 0.280. The Labute approximate surface area is 128 Å². The molecule has 0 amide bonds. The number of nitrogens with two attached hydrogens (primary N) is 1. The van der Waals surface area contributed by atoms with Crippen LogP contribution in [0, 0.1) is 18.8 Å². The number of anilines is 2. The molecule has 1 aliphatic rings. The molecule has 1 aromatic rings. The Hall–Kier alpha value is -1.36. The average Bonchev–Trinajstić information content (AvgIpc) is 2.43. The third-order valence-electron chi connectivity index (χ3n) is 4.57. The van der Waals surface area contributed by atoms with E-state index in [0.29, 0.717) is 17.8 Å². The number of nitrogens with one attached hydrogen (secondary N) is 2. The molecule has 118 valence electrons. The van der Waals surface area contributed by atoms with Crippen molar-refractivity contribution in [1.29, 1.82) is 0 Å². The van der Waals surface area contributed by atoms with Gasteiger partial charge in [-0.05, 0) is 38.0 Å². The average molecular weight is 291 g/mol. The summed E-state index contributed by atoms with van der Waals surface area (Å²) < 4.78 is 0. The lowest BCUT2D eigenvalue weighted by atomic mass is 9.80. The van der Waals surface area contributed by atoms with Crippen molar-refractivity contribution in [3.63, 3.8) is 0 Å². The molecule has 1 saturated carbocycles. The van der Waals surface area contributed by atoms with Gasteiger partial charge in [0.15, 0.2) is 0 Å². The highest BCUT2D eigenvalue weighted by atomic mass is 15.3. The SMILES string of the molecule is Cc1c(NN)nc(C(C)C)nc1NC1CCC(C)CC1C. The van der Waals surface area contributed by atoms with Crippen LogP contribution < -0.4 is 16.6 Å². The Morgan fingerprint density at radius 3 is 2.38 bits per heavy atom. The normalized spacial score (nSPS) is 26.0. The molecule has 0 aromatic carbocycles. The quantitative estimate of drug-likeness (QED) is 0.585. The van der Waals surface area contributed by atoms with Crippen LogP contribution in [-0.2, 0) is 0 Å². The fourth-order valence-corrected chi connectivity index (χ4v) is 3.13. The molecule has 1 heterocycles. The monoisotopic (exact) mass is 291 g/mol. The highest BCUT2D eigenvalue weighted by molar-refractivity contribution is 5.57. The first-order chi connectivity index (χ1) is 9.92. The fraction of sp³-hybridized carbons (Fsp3) is 0.750. The zero-order valence-corrected chi connectivity index (χ0v) is 13.9. The molecule has 3 atom stereocenters. The zero-order chi connectivity index (χ0) is 15.6. The lowest BCUT2D eigenvalue weighted by Gasteiger charge is -2.34. The van der Waals surface area contributed by atoms with E-state index in [1.165, 1.54) is 19.3 Å². The number of nitrogens with zero attached hydrogens (tertiary/aromatic N) is 2. The van der Waals surface area contributed by atoms with Crippen LogP contribution in [0.25, 0.3) is 0 Å². The summed E-state index contributed by atoms with van der Waals surface area (Å²) >= 11 is 0. The summed E-state index contributed by atoms with van der Waals surface area (Å²) in [6.07, 6.45) is 3.76. The van der Waals surface area contributed by atoms with Crippen LogP contribution in [0.15, 0.2) is 0 Å². The Morgan fingerprint density at radius 2 is 1.81 bits per heavy atom. The minimum absolute atomic E-state index is 0.280. The predicted octanol–water partition coefficient (Wildman–Crippen LogP) is 3.43. The summed E-state index contributed by atoms with van der Waals surface area (Å²) in [6, 6.07) is 0.487. The van der Waals surface area contributed by atoms with E-state index in [9.17, 15) is 0 Å². The number of hydrogen-bond acceptors (Lipinski definition) is 5. The van der Waals surface area contributed by atoms with Crippen LogP contribution in [0.5, 0.6) is 0 Å². The fourth-order valence-electron chi connectivity index (χ4n) is 3.13. The van der Waals surface area contributed by atoms with Crippen molar-refractivity contribution in [1.82, 2.24) is 9.97 Å². The largest absolute Gasteiger partial charge is 0.367 e. The Kier molecular flexibility index (Phi) is 5.04. The third kappa shape index (κ3) is 3.64. The van der Waals surface area contributed by atoms with Crippen LogP contribution in [0.1, 0.15) is 64.3 Å². The van der Waals surface area contributed by atoms with Gasteiger partial charge in [-0.15, -0.1) is 0 Å². The molecule has 4 N–H and O–H groups in total. The first-order valence-electron chi connectivity index (χ1n) is 8.04. The molecule has 0 saturated heterocycles. The molecule has 1 aliphatic carbocycles. The number of nitrogen functional groups attached to an aromatic ring is 1. The van der Waals surface area contributed by atoms with Crippen LogP contribution >= 0.6 is 0 Å². The molecule has 5 nitrogen and oxygen atoms in total. The highest BCUT2D eigenvalue weighted by Crippen LogP contribution is 2.32. The number of hydrogen-bond donors (Lipinski definition) is 3. The molecule has 1 fully saturated rings. The Bertz CT molecular complexity index is 486. The molecule has 1 aromatic heterocycles. The molecular formula is C16H29N5. The van der Waals surface area contributed by atoms with E-state index in [-0.39, 0.29) is 5.92 Å². The lowest BCUT2D eigenvalue weighted by molar-refractivity contribution is 0.276. The van der Waals surface area contributed by atoms with Crippen molar-refractivity contribution in [2.45, 2.75) is 65.8 Å². The van der Waals surface area contributed by atoms with E-state index in [1.807, 2.05) is 6.92 Å². The standard InChI is InChI=1S/C16H29N5/c1-9(2)14-19-15(12(5)16(20-14)21-17)18-13-7-6-10(3)8-11(13)4/h9-11,13H,6-8,17H2,1-5H3,(H2,18,19,20,21). The molecule has 0 radical (unpaired) electrons. The van der Waals surface area contributed by atoms with Crippen molar-refractivity contribution in [3.05, 3.63) is 11.4 Å². The lowest BCUT2D eigenvalue weighted by Crippen LogP contribution is -2.34. The van der Waals surface area contributed by atoms with Crippen LogP contribution in [0.3, 0.4) is 0 Å². The second kappa shape index (κ2) is 6.60. The van der Waals surface area contributed by atoms with E-state index in [0.717, 1.165) is 23.1 Å². The van der Waals surface area contributed by atoms with Gasteiger partial charge in [0.05, 0.1) is 0 Å². The van der Waals surface area contributed by atoms with Gasteiger partial charge in [0.2, 0.25) is 0 Å². The van der Waals surface area contributed by atoms with Gasteiger partial charge < -0.3 is 10.7 Å². The Morgan fingerprint density at radius 1 is 1.14 bits per heavy atom. The van der Waals surface area contributed by atoms with E-state index in [1.54, 1.807) is 0 Å². The van der Waals surface area contributed by atoms with E-state index < -0.39 is 0 Å². The molecule has 0 aliphatic heterocycles. The molecule has 21 heavy (non-hydrogen) atoms. The molecule has 0 spiro atoms. The van der Waals surface area contributed by atoms with E-state index >= 15 is 0 Å². The minimum Gasteiger partial charge on any atom is -0.367 e. The van der Waals surface area contributed by atoms with Crippen LogP contribution in [0.4, 0.5) is 11.6 Å². The van der Waals surface area contributed by atoms with Gasteiger partial charge >= 0.3 is 0 Å². The zero-order valence-electron chi connectivity index (χ0n) is 13.9. The van der Waals surface area contributed by atoms with E-state index in [2.05, 4.69) is 43.4 Å². The molecular weight excluding hydrogens is 262 g/mol. The van der Waals surface area contributed by atoms with Crippen molar-refractivity contribution in [3.8, 4) is 0 Å². The second-order valence-electron chi connectivity index (χ2n) is 6.85. The van der Waals surface area contributed by atoms with Gasteiger partial charge in [-0.2, -0.15) is 0 Å². The van der Waals surface area contributed by atoms with Gasteiger partial charge in [0.1, 0.15) is 17.5 Å². The summed E-state index contributed by atoms with van der Waals surface area (Å²) in [5.74, 6) is 9.84. The predicted molar refractivity (Wildman–Crippen MR) is 88.3 cm³/mol. The Balaban J connectivity index is 2.24.